The van der Waals surface area contributed by atoms with E-state index in [0.29, 0.717) is 12.2 Å². The minimum atomic E-state index is -0.884. The summed E-state index contributed by atoms with van der Waals surface area (Å²) in [5.41, 5.74) is 2.56. The number of benzene rings is 1. The van der Waals surface area contributed by atoms with Crippen LogP contribution in [0.5, 0.6) is 5.75 Å². The molecule has 0 radical (unpaired) electrons. The van der Waals surface area contributed by atoms with Gasteiger partial charge in [0, 0.05) is 6.54 Å². The van der Waals surface area contributed by atoms with E-state index < -0.39 is 5.97 Å². The van der Waals surface area contributed by atoms with Crippen molar-refractivity contribution in [3.63, 3.8) is 0 Å². The Morgan fingerprint density at radius 2 is 2.25 bits per heavy atom. The number of anilines is 1. The minimum Gasteiger partial charge on any atom is -0.490 e. The molecule has 16 heavy (non-hydrogen) atoms. The molecular formula is C12H13NO3. The summed E-state index contributed by atoms with van der Waals surface area (Å²) in [5, 5.41) is 9.02. The smallest absolute Gasteiger partial charge is 0.335 e. The molecule has 0 atom stereocenters. The number of aromatic carboxylic acids is 1. The standard InChI is InChI=1S/C12H13NO3/c14-12(15)9-6-8-2-1-3-13-4-5-16-10(7-9)11(8)13/h6-7H,1-5H2,(H,14,15). The molecule has 4 nitrogen and oxygen atoms in total. The van der Waals surface area contributed by atoms with Gasteiger partial charge in [-0.1, -0.05) is 0 Å². The second kappa shape index (κ2) is 3.40. The maximum atomic E-state index is 11.0. The quantitative estimate of drug-likeness (QED) is 0.778. The van der Waals surface area contributed by atoms with Crippen LogP contribution in [-0.4, -0.2) is 30.8 Å². The zero-order valence-electron chi connectivity index (χ0n) is 8.90. The van der Waals surface area contributed by atoms with Gasteiger partial charge in [0.1, 0.15) is 12.4 Å². The molecule has 2 aliphatic rings. The number of hydrogen-bond donors (Lipinski definition) is 1. The molecule has 0 spiro atoms. The van der Waals surface area contributed by atoms with Crippen LogP contribution in [0.1, 0.15) is 22.3 Å². The Bertz CT molecular complexity index is 425. The largest absolute Gasteiger partial charge is 0.490 e. The van der Waals surface area contributed by atoms with Crippen molar-refractivity contribution in [3.05, 3.63) is 23.3 Å². The van der Waals surface area contributed by atoms with Gasteiger partial charge in [-0.15, -0.1) is 0 Å². The molecule has 0 aromatic heterocycles. The lowest BCUT2D eigenvalue weighted by atomic mass is 9.97. The average molecular weight is 219 g/mol. The maximum absolute atomic E-state index is 11.0. The van der Waals surface area contributed by atoms with Crippen molar-refractivity contribution < 1.29 is 14.6 Å². The van der Waals surface area contributed by atoms with Crippen LogP contribution >= 0.6 is 0 Å². The molecule has 84 valence electrons. The summed E-state index contributed by atoms with van der Waals surface area (Å²) in [6.45, 7) is 2.61. The number of rotatable bonds is 1. The number of carboxylic acid groups (broad SMARTS) is 1. The third-order valence-corrected chi connectivity index (χ3v) is 3.21. The monoisotopic (exact) mass is 219 g/mol. The predicted molar refractivity (Wildman–Crippen MR) is 59.4 cm³/mol. The van der Waals surface area contributed by atoms with Gasteiger partial charge in [-0.2, -0.15) is 0 Å². The highest BCUT2D eigenvalue weighted by Gasteiger charge is 2.26. The van der Waals surface area contributed by atoms with Crippen molar-refractivity contribution in [3.8, 4) is 5.75 Å². The molecule has 0 saturated carbocycles. The van der Waals surface area contributed by atoms with E-state index in [1.807, 2.05) is 0 Å². The Morgan fingerprint density at radius 1 is 1.38 bits per heavy atom. The molecule has 0 amide bonds. The van der Waals surface area contributed by atoms with E-state index in [9.17, 15) is 4.79 Å². The van der Waals surface area contributed by atoms with Gasteiger partial charge in [-0.05, 0) is 30.5 Å². The van der Waals surface area contributed by atoms with E-state index in [-0.39, 0.29) is 0 Å². The number of hydrogen-bond acceptors (Lipinski definition) is 3. The van der Waals surface area contributed by atoms with Gasteiger partial charge >= 0.3 is 5.97 Å². The highest BCUT2D eigenvalue weighted by Crippen LogP contribution is 2.39. The van der Waals surface area contributed by atoms with E-state index in [0.717, 1.165) is 42.9 Å². The second-order valence-electron chi connectivity index (χ2n) is 4.23. The molecule has 3 rings (SSSR count). The lowest BCUT2D eigenvalue weighted by molar-refractivity contribution is 0.0696. The Morgan fingerprint density at radius 3 is 3.06 bits per heavy atom. The zero-order valence-corrected chi connectivity index (χ0v) is 8.90. The minimum absolute atomic E-state index is 0.331. The van der Waals surface area contributed by atoms with Gasteiger partial charge in [0.05, 0.1) is 17.8 Å². The van der Waals surface area contributed by atoms with Crippen molar-refractivity contribution in [2.75, 3.05) is 24.6 Å². The van der Waals surface area contributed by atoms with Gasteiger partial charge in [-0.3, -0.25) is 0 Å². The van der Waals surface area contributed by atoms with Gasteiger partial charge in [0.15, 0.2) is 0 Å². The van der Waals surface area contributed by atoms with Crippen LogP contribution in [-0.2, 0) is 6.42 Å². The van der Waals surface area contributed by atoms with E-state index in [1.54, 1.807) is 12.1 Å². The van der Waals surface area contributed by atoms with Gasteiger partial charge in [0.25, 0.3) is 0 Å². The fourth-order valence-electron chi connectivity index (χ4n) is 2.51. The third kappa shape index (κ3) is 1.33. The summed E-state index contributed by atoms with van der Waals surface area (Å²) in [5.74, 6) is -0.147. The zero-order chi connectivity index (χ0) is 11.1. The van der Waals surface area contributed by atoms with Crippen LogP contribution in [0.25, 0.3) is 0 Å². The van der Waals surface area contributed by atoms with Crippen molar-refractivity contribution in [2.45, 2.75) is 12.8 Å². The fourth-order valence-corrected chi connectivity index (χ4v) is 2.51. The molecule has 0 fully saturated rings. The predicted octanol–water partition coefficient (Wildman–Crippen LogP) is 1.53. The molecule has 0 bridgehead atoms. The Labute approximate surface area is 93.4 Å². The lowest BCUT2D eigenvalue weighted by Crippen LogP contribution is -2.37. The topological polar surface area (TPSA) is 49.8 Å². The van der Waals surface area contributed by atoms with E-state index in [2.05, 4.69) is 4.90 Å². The highest BCUT2D eigenvalue weighted by atomic mass is 16.5. The summed E-state index contributed by atoms with van der Waals surface area (Å²) in [6, 6.07) is 3.42. The first kappa shape index (κ1) is 9.51. The summed E-state index contributed by atoms with van der Waals surface area (Å²) < 4.78 is 5.56. The van der Waals surface area contributed by atoms with E-state index >= 15 is 0 Å². The number of aryl methyl sites for hydroxylation is 1. The molecule has 0 aliphatic carbocycles. The normalized spacial score (nSPS) is 17.6. The molecule has 2 heterocycles. The number of carbonyl (C=O) groups is 1. The van der Waals surface area contributed by atoms with Crippen LogP contribution in [0.4, 0.5) is 5.69 Å². The Kier molecular flexibility index (Phi) is 2.02. The summed E-state index contributed by atoms with van der Waals surface area (Å²) >= 11 is 0. The average Bonchev–Trinajstić information content (AvgIpc) is 2.29. The summed E-state index contributed by atoms with van der Waals surface area (Å²) in [6.07, 6.45) is 2.04. The van der Waals surface area contributed by atoms with Crippen LogP contribution in [0.2, 0.25) is 0 Å². The van der Waals surface area contributed by atoms with Crippen molar-refractivity contribution in [1.82, 2.24) is 0 Å². The first-order valence-corrected chi connectivity index (χ1v) is 5.53. The third-order valence-electron chi connectivity index (χ3n) is 3.21. The molecule has 1 aromatic carbocycles. The molecule has 0 unspecified atom stereocenters. The highest BCUT2D eigenvalue weighted by molar-refractivity contribution is 5.90. The van der Waals surface area contributed by atoms with Crippen LogP contribution in [0.15, 0.2) is 12.1 Å². The fraction of sp³-hybridized carbons (Fsp3) is 0.417. The Hall–Kier alpha value is -1.71. The van der Waals surface area contributed by atoms with Gasteiger partial charge in [0.2, 0.25) is 0 Å². The number of nitrogens with zero attached hydrogens (tertiary/aromatic N) is 1. The first-order chi connectivity index (χ1) is 7.75. The van der Waals surface area contributed by atoms with E-state index in [4.69, 9.17) is 9.84 Å². The Balaban J connectivity index is 2.17. The number of carboxylic acids is 1. The summed E-state index contributed by atoms with van der Waals surface area (Å²) in [4.78, 5) is 13.3. The van der Waals surface area contributed by atoms with Crippen LogP contribution in [0, 0.1) is 0 Å². The first-order valence-electron chi connectivity index (χ1n) is 5.53. The number of ether oxygens (including phenoxy) is 1. The van der Waals surface area contributed by atoms with E-state index in [1.165, 1.54) is 0 Å². The second-order valence-corrected chi connectivity index (χ2v) is 4.23. The van der Waals surface area contributed by atoms with Crippen LogP contribution in [0.3, 0.4) is 0 Å². The van der Waals surface area contributed by atoms with Crippen LogP contribution < -0.4 is 9.64 Å². The van der Waals surface area contributed by atoms with Crippen molar-refractivity contribution in [2.24, 2.45) is 0 Å². The lowest BCUT2D eigenvalue weighted by Gasteiger charge is -2.36. The van der Waals surface area contributed by atoms with Gasteiger partial charge in [-0.25, -0.2) is 4.79 Å². The van der Waals surface area contributed by atoms with Crippen molar-refractivity contribution >= 4 is 11.7 Å². The molecule has 4 heteroatoms. The molecule has 0 saturated heterocycles. The SMILES string of the molecule is O=C(O)c1cc2c3c(c1)OCCN3CCC2. The van der Waals surface area contributed by atoms with Gasteiger partial charge < -0.3 is 14.7 Å². The molecule has 2 aliphatic heterocycles. The maximum Gasteiger partial charge on any atom is 0.335 e. The summed E-state index contributed by atoms with van der Waals surface area (Å²) in [7, 11) is 0. The molecular weight excluding hydrogens is 206 g/mol. The molecule has 1 aromatic rings. The molecule has 1 N–H and O–H groups in total. The van der Waals surface area contributed by atoms with Crippen molar-refractivity contribution in [1.29, 1.82) is 0 Å².